The third-order valence-electron chi connectivity index (χ3n) is 4.62. The van der Waals surface area contributed by atoms with E-state index in [0.29, 0.717) is 0 Å². The number of benzene rings is 1. The van der Waals surface area contributed by atoms with Crippen LogP contribution < -0.4 is 10.1 Å². The largest absolute Gasteiger partial charge is 0.494 e. The van der Waals surface area contributed by atoms with Gasteiger partial charge in [0.2, 0.25) is 0 Å². The zero-order valence-corrected chi connectivity index (χ0v) is 16.1. The molecule has 0 aliphatic carbocycles. The summed E-state index contributed by atoms with van der Waals surface area (Å²) in [6.07, 6.45) is 6.76. The Labute approximate surface area is 152 Å². The molecule has 1 aromatic heterocycles. The molecule has 0 fully saturated rings. The molecule has 0 amide bonds. The van der Waals surface area contributed by atoms with Gasteiger partial charge in [-0.1, -0.05) is 40.0 Å². The van der Waals surface area contributed by atoms with Crippen molar-refractivity contribution in [3.63, 3.8) is 0 Å². The molecule has 0 radical (unpaired) electrons. The molecule has 0 atom stereocenters. The summed E-state index contributed by atoms with van der Waals surface area (Å²) in [5.74, 6) is 0.914. The van der Waals surface area contributed by atoms with Gasteiger partial charge < -0.3 is 15.0 Å². The third-order valence-corrected chi connectivity index (χ3v) is 4.62. The molecule has 2 aromatic rings. The molecule has 0 aliphatic heterocycles. The first-order valence-electron chi connectivity index (χ1n) is 9.76. The fourth-order valence-corrected chi connectivity index (χ4v) is 2.98. The molecule has 4 nitrogen and oxygen atoms in total. The summed E-state index contributed by atoms with van der Waals surface area (Å²) in [7, 11) is 0. The van der Waals surface area contributed by atoms with E-state index in [-0.39, 0.29) is 0 Å². The van der Waals surface area contributed by atoms with E-state index in [2.05, 4.69) is 54.2 Å². The van der Waals surface area contributed by atoms with E-state index in [1.807, 2.05) is 12.3 Å². The van der Waals surface area contributed by atoms with Crippen LogP contribution in [0, 0.1) is 0 Å². The van der Waals surface area contributed by atoms with Crippen molar-refractivity contribution in [1.29, 1.82) is 0 Å². The average molecular weight is 344 g/mol. The van der Waals surface area contributed by atoms with Gasteiger partial charge in [-0.2, -0.15) is 0 Å². The van der Waals surface area contributed by atoms with Gasteiger partial charge in [0.15, 0.2) is 0 Å². The van der Waals surface area contributed by atoms with Crippen LogP contribution in [-0.2, 0) is 0 Å². The first kappa shape index (κ1) is 19.5. The third kappa shape index (κ3) is 6.20. The minimum absolute atomic E-state index is 0.785. The monoisotopic (exact) mass is 343 g/mol. The van der Waals surface area contributed by atoms with Gasteiger partial charge in [0.25, 0.3) is 0 Å². The van der Waals surface area contributed by atoms with E-state index < -0.39 is 0 Å². The van der Waals surface area contributed by atoms with E-state index >= 15 is 0 Å². The topological polar surface area (TPSA) is 37.4 Å². The molecule has 1 N–H and O–H groups in total. The fourth-order valence-electron chi connectivity index (χ4n) is 2.98. The van der Waals surface area contributed by atoms with Gasteiger partial charge in [0, 0.05) is 36.4 Å². The maximum Gasteiger partial charge on any atom is 0.121 e. The van der Waals surface area contributed by atoms with Gasteiger partial charge in [-0.3, -0.25) is 4.98 Å². The maximum absolute atomic E-state index is 5.88. The Bertz CT molecular complexity index is 626. The number of anilines is 1. The normalized spacial score (nSPS) is 11.2. The molecule has 0 bridgehead atoms. The molecule has 25 heavy (non-hydrogen) atoms. The van der Waals surface area contributed by atoms with Gasteiger partial charge in [-0.15, -0.1) is 0 Å². The van der Waals surface area contributed by atoms with Crippen LogP contribution in [0.25, 0.3) is 10.9 Å². The molecule has 0 spiro atoms. The molecule has 0 saturated heterocycles. The number of hydrogen-bond donors (Lipinski definition) is 1. The molecule has 1 heterocycles. The SMILES string of the molecule is CCCCCCOc1ccc2c(NCCN(CC)CC)ccnc2c1. The van der Waals surface area contributed by atoms with E-state index in [1.165, 1.54) is 19.3 Å². The Kier molecular flexibility index (Phi) is 8.53. The summed E-state index contributed by atoms with van der Waals surface area (Å²) in [6, 6.07) is 8.27. The fraction of sp³-hybridized carbons (Fsp3) is 0.571. The van der Waals surface area contributed by atoms with Crippen LogP contribution in [0.5, 0.6) is 5.75 Å². The zero-order valence-electron chi connectivity index (χ0n) is 16.1. The van der Waals surface area contributed by atoms with Gasteiger partial charge in [-0.25, -0.2) is 0 Å². The van der Waals surface area contributed by atoms with Gasteiger partial charge in [0.1, 0.15) is 5.75 Å². The van der Waals surface area contributed by atoms with Crippen molar-refractivity contribution in [2.24, 2.45) is 0 Å². The molecule has 0 saturated carbocycles. The lowest BCUT2D eigenvalue weighted by Crippen LogP contribution is -2.28. The number of likely N-dealkylation sites (N-methyl/N-ethyl adjacent to an activating group) is 1. The van der Waals surface area contributed by atoms with Gasteiger partial charge in [-0.05, 0) is 37.7 Å². The second-order valence-corrected chi connectivity index (χ2v) is 6.40. The first-order chi connectivity index (χ1) is 12.3. The molecule has 138 valence electrons. The van der Waals surface area contributed by atoms with Crippen LogP contribution in [0.2, 0.25) is 0 Å². The van der Waals surface area contributed by atoms with Crippen LogP contribution in [-0.4, -0.2) is 42.7 Å². The molecular formula is C21H33N3O. The minimum atomic E-state index is 0.785. The first-order valence-corrected chi connectivity index (χ1v) is 9.76. The highest BCUT2D eigenvalue weighted by Gasteiger charge is 2.05. The van der Waals surface area contributed by atoms with Crippen molar-refractivity contribution in [2.75, 3.05) is 38.1 Å². The van der Waals surface area contributed by atoms with Crippen molar-refractivity contribution in [2.45, 2.75) is 46.5 Å². The Morgan fingerprint density at radius 1 is 1.04 bits per heavy atom. The summed E-state index contributed by atoms with van der Waals surface area (Å²) < 4.78 is 5.88. The summed E-state index contributed by atoms with van der Waals surface area (Å²) in [5, 5.41) is 4.70. The van der Waals surface area contributed by atoms with E-state index in [0.717, 1.165) is 61.5 Å². The van der Waals surface area contributed by atoms with Crippen molar-refractivity contribution in [1.82, 2.24) is 9.88 Å². The Balaban J connectivity index is 1.94. The van der Waals surface area contributed by atoms with Gasteiger partial charge >= 0.3 is 0 Å². The molecular weight excluding hydrogens is 310 g/mol. The maximum atomic E-state index is 5.88. The van der Waals surface area contributed by atoms with E-state index in [1.54, 1.807) is 0 Å². The summed E-state index contributed by atoms with van der Waals surface area (Å²) in [5.41, 5.74) is 2.13. The van der Waals surface area contributed by atoms with E-state index in [4.69, 9.17) is 4.74 Å². The molecule has 0 aliphatic rings. The number of ether oxygens (including phenoxy) is 1. The predicted molar refractivity (Wildman–Crippen MR) is 108 cm³/mol. The second kappa shape index (κ2) is 10.9. The van der Waals surface area contributed by atoms with Crippen molar-refractivity contribution >= 4 is 16.6 Å². The predicted octanol–water partition coefficient (Wildman–Crippen LogP) is 4.95. The van der Waals surface area contributed by atoms with Crippen LogP contribution in [0.15, 0.2) is 30.5 Å². The number of nitrogens with zero attached hydrogens (tertiary/aromatic N) is 2. The van der Waals surface area contributed by atoms with Crippen LogP contribution in [0.3, 0.4) is 0 Å². The van der Waals surface area contributed by atoms with E-state index in [9.17, 15) is 0 Å². The number of nitrogens with one attached hydrogen (secondary N) is 1. The highest BCUT2D eigenvalue weighted by Crippen LogP contribution is 2.25. The number of fused-ring (bicyclic) bond motifs is 1. The van der Waals surface area contributed by atoms with Crippen LogP contribution >= 0.6 is 0 Å². The van der Waals surface area contributed by atoms with Crippen LogP contribution in [0.4, 0.5) is 5.69 Å². The van der Waals surface area contributed by atoms with Crippen molar-refractivity contribution in [3.8, 4) is 5.75 Å². The van der Waals surface area contributed by atoms with Crippen molar-refractivity contribution in [3.05, 3.63) is 30.5 Å². The smallest absolute Gasteiger partial charge is 0.121 e. The standard InChI is InChI=1S/C21H33N3O/c1-4-7-8-9-16-25-18-10-11-19-20(12-13-22-21(19)17-18)23-14-15-24(5-2)6-3/h10-13,17H,4-9,14-16H2,1-3H3,(H,22,23). The highest BCUT2D eigenvalue weighted by atomic mass is 16.5. The lowest BCUT2D eigenvalue weighted by Gasteiger charge is -2.19. The number of aromatic nitrogens is 1. The Hall–Kier alpha value is -1.81. The van der Waals surface area contributed by atoms with Crippen LogP contribution in [0.1, 0.15) is 46.5 Å². The number of unbranched alkanes of at least 4 members (excludes halogenated alkanes) is 3. The Morgan fingerprint density at radius 3 is 2.64 bits per heavy atom. The number of hydrogen-bond acceptors (Lipinski definition) is 4. The molecule has 0 unspecified atom stereocenters. The van der Waals surface area contributed by atoms with Gasteiger partial charge in [0.05, 0.1) is 12.1 Å². The second-order valence-electron chi connectivity index (χ2n) is 6.40. The lowest BCUT2D eigenvalue weighted by molar-refractivity contribution is 0.305. The summed E-state index contributed by atoms with van der Waals surface area (Å²) >= 11 is 0. The summed E-state index contributed by atoms with van der Waals surface area (Å²) in [6.45, 7) is 11.6. The summed E-state index contributed by atoms with van der Waals surface area (Å²) in [4.78, 5) is 6.92. The quantitative estimate of drug-likeness (QED) is 0.553. The number of rotatable bonds is 12. The minimum Gasteiger partial charge on any atom is -0.494 e. The molecule has 2 rings (SSSR count). The molecule has 1 aromatic carbocycles. The lowest BCUT2D eigenvalue weighted by atomic mass is 10.1. The number of pyridine rings is 1. The van der Waals surface area contributed by atoms with Crippen molar-refractivity contribution < 1.29 is 4.74 Å². The molecule has 4 heteroatoms. The zero-order chi connectivity index (χ0) is 17.9. The average Bonchev–Trinajstić information content (AvgIpc) is 2.65. The Morgan fingerprint density at radius 2 is 1.88 bits per heavy atom. The highest BCUT2D eigenvalue weighted by molar-refractivity contribution is 5.91.